The second-order valence-electron chi connectivity index (χ2n) is 1.38. The fourth-order valence-corrected chi connectivity index (χ4v) is 0.284. The molecule has 9 nitrogen and oxygen atoms in total. The van der Waals surface area contributed by atoms with Crippen LogP contribution < -0.4 is 0 Å². The molecule has 0 aliphatic carbocycles. The summed E-state index contributed by atoms with van der Waals surface area (Å²) >= 11 is 0. The smallest absolute Gasteiger partial charge is 0.363 e. The van der Waals surface area contributed by atoms with Crippen molar-refractivity contribution in [2.45, 2.75) is 0 Å². The molecule has 0 atom stereocenters. The van der Waals surface area contributed by atoms with Crippen molar-refractivity contribution in [1.82, 2.24) is 0 Å². The van der Waals surface area contributed by atoms with Crippen molar-refractivity contribution in [3.05, 3.63) is 0 Å². The van der Waals surface area contributed by atoms with E-state index in [1.165, 1.54) is 0 Å². The van der Waals surface area contributed by atoms with Crippen LogP contribution in [0.1, 0.15) is 0 Å². The summed E-state index contributed by atoms with van der Waals surface area (Å²) in [6, 6.07) is 0. The third-order valence-corrected chi connectivity index (χ3v) is 0.622. The van der Waals surface area contributed by atoms with Crippen LogP contribution in [0.15, 0.2) is 0 Å². The third-order valence-electron chi connectivity index (χ3n) is 0.622. The summed E-state index contributed by atoms with van der Waals surface area (Å²) in [7, 11) is 0. The molecule has 0 fully saturated rings. The average molecular weight is 206 g/mol. The van der Waals surface area contributed by atoms with Crippen molar-refractivity contribution in [3.8, 4) is 0 Å². The van der Waals surface area contributed by atoms with Crippen LogP contribution in [-0.4, -0.2) is 31.4 Å². The fraction of sp³-hybridized carbons (Fsp3) is 0. The molecule has 0 aromatic carbocycles. The van der Waals surface area contributed by atoms with E-state index in [0.29, 0.717) is 0 Å². The fourth-order valence-electron chi connectivity index (χ4n) is 0.284. The Labute approximate surface area is 75.5 Å². The van der Waals surface area contributed by atoms with Crippen molar-refractivity contribution in [2.75, 3.05) is 0 Å². The Morgan fingerprint density at radius 2 is 1.07 bits per heavy atom. The molecular weight excluding hydrogens is 204 g/mol. The molecule has 0 N–H and O–H groups in total. The van der Waals surface area contributed by atoms with Crippen molar-refractivity contribution in [2.24, 2.45) is 0 Å². The molecule has 0 rings (SSSR count). The minimum atomic E-state index is -1.80. The van der Waals surface area contributed by atoms with E-state index in [0.717, 1.165) is 0 Å². The van der Waals surface area contributed by atoms with Crippen LogP contribution in [-0.2, 0) is 28.5 Å². The van der Waals surface area contributed by atoms with Gasteiger partial charge in [-0.15, -0.1) is 0 Å². The molecule has 9 heteroatoms. The van der Waals surface area contributed by atoms with E-state index in [2.05, 4.69) is 18.9 Å². The van der Waals surface area contributed by atoms with E-state index in [9.17, 15) is 24.0 Å². The number of carbonyl (C=O) groups excluding carboxylic acids is 5. The maximum absolute atomic E-state index is 10.3. The monoisotopic (exact) mass is 206 g/mol. The van der Waals surface area contributed by atoms with E-state index >= 15 is 0 Å². The number of hydrogen-bond acceptors (Lipinski definition) is 9. The summed E-state index contributed by atoms with van der Waals surface area (Å²) in [5.41, 5.74) is 0. The van der Waals surface area contributed by atoms with Gasteiger partial charge in [-0.3, -0.25) is 9.59 Å². The Hall–Kier alpha value is -2.45. The topological polar surface area (TPSA) is 122 Å². The van der Waals surface area contributed by atoms with Crippen molar-refractivity contribution in [1.29, 1.82) is 0 Å². The second-order valence-corrected chi connectivity index (χ2v) is 1.38. The molecule has 14 heavy (non-hydrogen) atoms. The molecule has 0 radical (unpaired) electrons. The molecule has 0 aliphatic heterocycles. The first kappa shape index (κ1) is 11.6. The quantitative estimate of drug-likeness (QED) is 0.341. The average Bonchev–Trinajstić information content (AvgIpc) is 2.03. The highest BCUT2D eigenvalue weighted by Gasteiger charge is 2.18. The first-order valence-corrected chi connectivity index (χ1v) is 2.78. The normalized spacial score (nSPS) is 8.00. The molecule has 0 saturated carbocycles. The Morgan fingerprint density at radius 1 is 0.714 bits per heavy atom. The van der Waals surface area contributed by atoms with Crippen molar-refractivity contribution < 1.29 is 42.9 Å². The van der Waals surface area contributed by atoms with Gasteiger partial charge in [0.2, 0.25) is 0 Å². The van der Waals surface area contributed by atoms with E-state index < -0.39 is 18.5 Å². The number of carbonyl (C=O) groups is 5. The van der Waals surface area contributed by atoms with Gasteiger partial charge >= 0.3 is 31.4 Å². The predicted octanol–water partition coefficient (Wildman–Crippen LogP) is -0.274. The summed E-state index contributed by atoms with van der Waals surface area (Å²) in [5.74, 6) is 0. The zero-order valence-electron chi connectivity index (χ0n) is 6.33. The second kappa shape index (κ2) is 6.11. The van der Waals surface area contributed by atoms with Gasteiger partial charge in [-0.05, 0) is 0 Å². The minimum absolute atomic E-state index is 0.306. The predicted molar refractivity (Wildman–Crippen MR) is 32.7 cm³/mol. The van der Waals surface area contributed by atoms with E-state index in [1.807, 2.05) is 0 Å². The summed E-state index contributed by atoms with van der Waals surface area (Å²) in [6.07, 6.45) is -5.18. The molecule has 76 valence electrons. The number of rotatable bonds is 2. The van der Waals surface area contributed by atoms with Crippen molar-refractivity contribution in [3.63, 3.8) is 0 Å². The largest absolute Gasteiger partial charge is 0.528 e. The molecule has 0 amide bonds. The lowest BCUT2D eigenvalue weighted by Gasteiger charge is -1.98. The molecule has 0 aliphatic rings. The number of ether oxygens (including phenoxy) is 4. The van der Waals surface area contributed by atoms with Gasteiger partial charge in [0.15, 0.2) is 0 Å². The summed E-state index contributed by atoms with van der Waals surface area (Å²) in [4.78, 5) is 49.7. The van der Waals surface area contributed by atoms with E-state index in [1.54, 1.807) is 0 Å². The highest BCUT2D eigenvalue weighted by Crippen LogP contribution is 1.91. The lowest BCUT2D eigenvalue weighted by atomic mass is 11.2. The van der Waals surface area contributed by atoms with Gasteiger partial charge in [-0.25, -0.2) is 14.4 Å². The maximum Gasteiger partial charge on any atom is 0.528 e. The van der Waals surface area contributed by atoms with Gasteiger partial charge < -0.3 is 18.9 Å². The highest BCUT2D eigenvalue weighted by atomic mass is 16.9. The highest BCUT2D eigenvalue weighted by molar-refractivity contribution is 5.86. The summed E-state index contributed by atoms with van der Waals surface area (Å²) in [5, 5.41) is 0. The Balaban J connectivity index is 3.85. The van der Waals surface area contributed by atoms with E-state index in [-0.39, 0.29) is 12.9 Å². The van der Waals surface area contributed by atoms with E-state index in [4.69, 9.17) is 0 Å². The molecule has 0 aromatic heterocycles. The maximum atomic E-state index is 10.3. The van der Waals surface area contributed by atoms with Gasteiger partial charge in [0.25, 0.3) is 0 Å². The van der Waals surface area contributed by atoms with Crippen LogP contribution in [0.2, 0.25) is 0 Å². The van der Waals surface area contributed by atoms with Gasteiger partial charge in [0.1, 0.15) is 0 Å². The Bertz CT molecular complexity index is 240. The van der Waals surface area contributed by atoms with Gasteiger partial charge in [0, 0.05) is 0 Å². The van der Waals surface area contributed by atoms with Gasteiger partial charge in [0.05, 0.1) is 0 Å². The van der Waals surface area contributed by atoms with Crippen LogP contribution in [0.25, 0.3) is 0 Å². The third kappa shape index (κ3) is 5.23. The van der Waals surface area contributed by atoms with Crippen LogP contribution in [0.3, 0.4) is 0 Å². The Kier molecular flexibility index (Phi) is 5.04. The molecule has 0 unspecified atom stereocenters. The van der Waals surface area contributed by atoms with Crippen LogP contribution in [0, 0.1) is 0 Å². The first-order chi connectivity index (χ1) is 6.60. The Morgan fingerprint density at radius 3 is 1.36 bits per heavy atom. The van der Waals surface area contributed by atoms with Gasteiger partial charge in [-0.2, -0.15) is 0 Å². The summed E-state index contributed by atoms with van der Waals surface area (Å²) in [6.45, 7) is -0.612. The van der Waals surface area contributed by atoms with Gasteiger partial charge in [-0.1, -0.05) is 0 Å². The molecule has 0 bridgehead atoms. The molecule has 0 spiro atoms. The molecule has 0 aromatic rings. The molecule has 0 heterocycles. The van der Waals surface area contributed by atoms with Crippen LogP contribution in [0.4, 0.5) is 14.4 Å². The minimum Gasteiger partial charge on any atom is -0.363 e. The molecular formula is C5H2O9. The first-order valence-electron chi connectivity index (χ1n) is 2.78. The number of hydrogen-bond donors (Lipinski definition) is 0. The van der Waals surface area contributed by atoms with Crippen LogP contribution >= 0.6 is 0 Å². The van der Waals surface area contributed by atoms with Crippen LogP contribution in [0.5, 0.6) is 0 Å². The summed E-state index contributed by atoms with van der Waals surface area (Å²) < 4.78 is 14.1. The lowest BCUT2D eigenvalue weighted by molar-refractivity contribution is -0.125. The zero-order chi connectivity index (χ0) is 11.0. The zero-order valence-corrected chi connectivity index (χ0v) is 6.33. The molecule has 0 saturated heterocycles. The standard InChI is InChI=1S/C5H2O9/c6-1-11-3(8)13-5(10)14-4(9)12-2-7/h1-2H. The van der Waals surface area contributed by atoms with Crippen molar-refractivity contribution >= 4 is 31.4 Å². The SMILES string of the molecule is O=COC(=O)OC(=O)OC(=O)OC=O. The lowest BCUT2D eigenvalue weighted by Crippen LogP contribution is -2.18.